The van der Waals surface area contributed by atoms with Gasteiger partial charge in [0.2, 0.25) is 0 Å². The van der Waals surface area contributed by atoms with Gasteiger partial charge in [0.25, 0.3) is 5.91 Å². The molecule has 1 rings (SSSR count). The molecule has 1 amide bonds. The number of aromatic nitrogens is 1. The highest BCUT2D eigenvalue weighted by atomic mass is 35.5. The highest BCUT2D eigenvalue weighted by Gasteiger charge is 2.13. The first-order chi connectivity index (χ1) is 8.50. The minimum Gasteiger partial charge on any atom is -0.452 e. The quantitative estimate of drug-likeness (QED) is 0.653. The molecule has 1 heterocycles. The lowest BCUT2D eigenvalue weighted by Crippen LogP contribution is -2.31. The Bertz CT molecular complexity index is 435. The first kappa shape index (κ1) is 14.4. The van der Waals surface area contributed by atoms with Crippen LogP contribution in [0.3, 0.4) is 0 Å². The maximum atomic E-state index is 11.6. The summed E-state index contributed by atoms with van der Waals surface area (Å²) in [6.45, 7) is 4.17. The van der Waals surface area contributed by atoms with Gasteiger partial charge in [-0.25, -0.2) is 9.78 Å². The smallest absolute Gasteiger partial charge is 0.341 e. The maximum Gasteiger partial charge on any atom is 0.341 e. The zero-order chi connectivity index (χ0) is 13.5. The van der Waals surface area contributed by atoms with Crippen molar-refractivity contribution in [2.45, 2.75) is 13.8 Å². The van der Waals surface area contributed by atoms with Crippen molar-refractivity contribution in [2.24, 2.45) is 5.92 Å². The summed E-state index contributed by atoms with van der Waals surface area (Å²) in [7, 11) is 0. The summed E-state index contributed by atoms with van der Waals surface area (Å²) in [6.07, 6.45) is 1.47. The number of carbonyl (C=O) groups is 2. The summed E-state index contributed by atoms with van der Waals surface area (Å²) < 4.78 is 4.83. The fourth-order valence-electron chi connectivity index (χ4n) is 1.12. The van der Waals surface area contributed by atoms with Gasteiger partial charge in [-0.3, -0.25) is 4.79 Å². The molecule has 0 aliphatic rings. The van der Waals surface area contributed by atoms with Crippen LogP contribution in [0.5, 0.6) is 0 Å². The Balaban J connectivity index is 2.42. The van der Waals surface area contributed by atoms with E-state index in [1.54, 1.807) is 6.07 Å². The predicted molar refractivity (Wildman–Crippen MR) is 67.4 cm³/mol. The van der Waals surface area contributed by atoms with E-state index in [4.69, 9.17) is 16.3 Å². The second kappa shape index (κ2) is 6.96. The van der Waals surface area contributed by atoms with Gasteiger partial charge in [-0.1, -0.05) is 25.4 Å². The Labute approximate surface area is 110 Å². The molecule has 0 spiro atoms. The van der Waals surface area contributed by atoms with Gasteiger partial charge in [0, 0.05) is 12.7 Å². The fourth-order valence-corrected chi connectivity index (χ4v) is 1.31. The summed E-state index contributed by atoms with van der Waals surface area (Å²) in [5.74, 6) is -0.651. The van der Waals surface area contributed by atoms with Crippen molar-refractivity contribution in [1.29, 1.82) is 0 Å². The van der Waals surface area contributed by atoms with Crippen molar-refractivity contribution in [2.75, 3.05) is 13.2 Å². The molecule has 5 nitrogen and oxygen atoms in total. The van der Waals surface area contributed by atoms with Crippen LogP contribution in [0.2, 0.25) is 5.15 Å². The summed E-state index contributed by atoms with van der Waals surface area (Å²) in [5, 5.41) is 2.70. The van der Waals surface area contributed by atoms with Crippen LogP contribution in [0.4, 0.5) is 0 Å². The van der Waals surface area contributed by atoms with E-state index in [9.17, 15) is 9.59 Å². The molecule has 0 fully saturated rings. The van der Waals surface area contributed by atoms with Gasteiger partial charge in [0.05, 0.1) is 5.56 Å². The van der Waals surface area contributed by atoms with Crippen molar-refractivity contribution in [3.05, 3.63) is 29.0 Å². The van der Waals surface area contributed by atoms with Crippen LogP contribution in [0, 0.1) is 5.92 Å². The van der Waals surface area contributed by atoms with Gasteiger partial charge in [-0.05, 0) is 18.1 Å². The van der Waals surface area contributed by atoms with Crippen LogP contribution >= 0.6 is 11.6 Å². The zero-order valence-corrected chi connectivity index (χ0v) is 11.0. The van der Waals surface area contributed by atoms with E-state index in [1.807, 2.05) is 13.8 Å². The van der Waals surface area contributed by atoms with E-state index in [0.717, 1.165) is 0 Å². The Morgan fingerprint density at radius 1 is 1.50 bits per heavy atom. The van der Waals surface area contributed by atoms with Gasteiger partial charge in [0.15, 0.2) is 6.61 Å². The van der Waals surface area contributed by atoms with E-state index < -0.39 is 5.97 Å². The summed E-state index contributed by atoms with van der Waals surface area (Å²) in [6, 6.07) is 3.06. The third kappa shape index (κ3) is 4.71. The number of hydrogen-bond acceptors (Lipinski definition) is 4. The Kier molecular flexibility index (Phi) is 5.58. The lowest BCUT2D eigenvalue weighted by atomic mass is 10.2. The number of halogens is 1. The number of hydrogen-bond donors (Lipinski definition) is 1. The molecule has 0 saturated carbocycles. The topological polar surface area (TPSA) is 68.3 Å². The fraction of sp³-hybridized carbons (Fsp3) is 0.417. The predicted octanol–water partition coefficient (Wildman–Crippen LogP) is 1.66. The largest absolute Gasteiger partial charge is 0.452 e. The second-order valence-corrected chi connectivity index (χ2v) is 4.47. The van der Waals surface area contributed by atoms with E-state index in [-0.39, 0.29) is 23.2 Å². The third-order valence-corrected chi connectivity index (χ3v) is 2.32. The van der Waals surface area contributed by atoms with Crippen molar-refractivity contribution in [3.8, 4) is 0 Å². The number of ether oxygens (including phenoxy) is 1. The van der Waals surface area contributed by atoms with Crippen LogP contribution in [0.1, 0.15) is 24.2 Å². The standard InChI is InChI=1S/C12H15ClN2O3/c1-8(2)6-15-10(16)7-18-12(17)9-4-3-5-14-11(9)13/h3-5,8H,6-7H2,1-2H3,(H,15,16). The second-order valence-electron chi connectivity index (χ2n) is 4.12. The lowest BCUT2D eigenvalue weighted by molar-refractivity contribution is -0.124. The van der Waals surface area contributed by atoms with Crippen molar-refractivity contribution in [3.63, 3.8) is 0 Å². The lowest BCUT2D eigenvalue weighted by Gasteiger charge is -2.08. The number of amides is 1. The van der Waals surface area contributed by atoms with Crippen LogP contribution in [0.25, 0.3) is 0 Å². The zero-order valence-electron chi connectivity index (χ0n) is 10.3. The van der Waals surface area contributed by atoms with E-state index in [1.165, 1.54) is 12.3 Å². The van der Waals surface area contributed by atoms with Crippen molar-refractivity contribution in [1.82, 2.24) is 10.3 Å². The molecule has 0 aliphatic heterocycles. The Morgan fingerprint density at radius 2 is 2.22 bits per heavy atom. The molecule has 0 aromatic carbocycles. The number of rotatable bonds is 5. The molecular formula is C12H15ClN2O3. The van der Waals surface area contributed by atoms with Crippen LogP contribution in [0.15, 0.2) is 18.3 Å². The Morgan fingerprint density at radius 3 is 2.83 bits per heavy atom. The molecule has 0 radical (unpaired) electrons. The first-order valence-corrected chi connectivity index (χ1v) is 5.93. The van der Waals surface area contributed by atoms with Gasteiger partial charge in [-0.15, -0.1) is 0 Å². The van der Waals surface area contributed by atoms with E-state index in [0.29, 0.717) is 12.5 Å². The van der Waals surface area contributed by atoms with Gasteiger partial charge < -0.3 is 10.1 Å². The molecule has 0 atom stereocenters. The molecule has 0 aliphatic carbocycles. The molecule has 0 saturated heterocycles. The number of pyridine rings is 1. The van der Waals surface area contributed by atoms with Crippen molar-refractivity contribution < 1.29 is 14.3 Å². The van der Waals surface area contributed by atoms with E-state index in [2.05, 4.69) is 10.3 Å². The molecule has 98 valence electrons. The number of nitrogens with zero attached hydrogens (tertiary/aromatic N) is 1. The molecule has 1 aromatic rings. The summed E-state index contributed by atoms with van der Waals surface area (Å²) in [4.78, 5) is 26.7. The minimum absolute atomic E-state index is 0.0603. The number of carbonyl (C=O) groups excluding carboxylic acids is 2. The SMILES string of the molecule is CC(C)CNC(=O)COC(=O)c1cccnc1Cl. The molecular weight excluding hydrogens is 256 g/mol. The first-order valence-electron chi connectivity index (χ1n) is 5.55. The minimum atomic E-state index is -0.659. The summed E-state index contributed by atoms with van der Waals surface area (Å²) >= 11 is 5.72. The van der Waals surface area contributed by atoms with E-state index >= 15 is 0 Å². The van der Waals surface area contributed by atoms with Crippen LogP contribution in [-0.2, 0) is 9.53 Å². The molecule has 1 aromatic heterocycles. The average molecular weight is 271 g/mol. The molecule has 18 heavy (non-hydrogen) atoms. The van der Waals surface area contributed by atoms with Gasteiger partial charge in [-0.2, -0.15) is 0 Å². The van der Waals surface area contributed by atoms with Crippen molar-refractivity contribution >= 4 is 23.5 Å². The molecule has 0 bridgehead atoms. The van der Waals surface area contributed by atoms with Gasteiger partial charge in [0.1, 0.15) is 5.15 Å². The van der Waals surface area contributed by atoms with Gasteiger partial charge >= 0.3 is 5.97 Å². The third-order valence-electron chi connectivity index (χ3n) is 2.02. The maximum absolute atomic E-state index is 11.6. The number of esters is 1. The highest BCUT2D eigenvalue weighted by molar-refractivity contribution is 6.32. The highest BCUT2D eigenvalue weighted by Crippen LogP contribution is 2.12. The average Bonchev–Trinajstić information content (AvgIpc) is 2.34. The van der Waals surface area contributed by atoms with Crippen LogP contribution in [-0.4, -0.2) is 30.0 Å². The normalized spacial score (nSPS) is 10.2. The monoisotopic (exact) mass is 270 g/mol. The van der Waals surface area contributed by atoms with Crippen LogP contribution < -0.4 is 5.32 Å². The molecule has 1 N–H and O–H groups in total. The Hall–Kier alpha value is -1.62. The molecule has 0 unspecified atom stereocenters. The molecule has 6 heteroatoms. The number of nitrogens with one attached hydrogen (secondary N) is 1. The summed E-state index contributed by atoms with van der Waals surface area (Å²) in [5.41, 5.74) is 0.149.